The largest absolute Gasteiger partial charge is 0.461 e. The number of rotatable bonds is 2. The van der Waals surface area contributed by atoms with E-state index in [1.165, 1.54) is 13.3 Å². The third kappa shape index (κ3) is 12.9. The quantitative estimate of drug-likeness (QED) is 0.657. The van der Waals surface area contributed by atoms with Crippen molar-refractivity contribution in [1.29, 1.82) is 0 Å². The van der Waals surface area contributed by atoms with Crippen LogP contribution < -0.4 is 0 Å². The van der Waals surface area contributed by atoms with Crippen molar-refractivity contribution < 1.29 is 9.53 Å². The maximum Gasteiger partial charge on any atom is 0.302 e. The lowest BCUT2D eigenvalue weighted by Crippen LogP contribution is -2.02. The van der Waals surface area contributed by atoms with Crippen LogP contribution in [-0.2, 0) is 9.53 Å². The van der Waals surface area contributed by atoms with Crippen LogP contribution in [0.2, 0.25) is 0 Å². The zero-order chi connectivity index (χ0) is 12.8. The molecule has 0 fully saturated rings. The lowest BCUT2D eigenvalue weighted by Gasteiger charge is -2.05. The van der Waals surface area contributed by atoms with E-state index in [9.17, 15) is 4.79 Å². The SMILES string of the molecule is CC.CC(=O)OCC1=CCCC=C1.CCC. The Labute approximate surface area is 100 Å². The van der Waals surface area contributed by atoms with Gasteiger partial charge in [0.25, 0.3) is 0 Å². The fourth-order valence-corrected chi connectivity index (χ4v) is 0.960. The topological polar surface area (TPSA) is 26.3 Å². The fraction of sp³-hybridized carbons (Fsp3) is 0.643. The first-order valence-corrected chi connectivity index (χ1v) is 6.19. The lowest BCUT2D eigenvalue weighted by molar-refractivity contribution is -0.139. The molecule has 0 saturated heterocycles. The number of allylic oxidation sites excluding steroid dienone is 2. The molecule has 0 amide bonds. The Balaban J connectivity index is 0. The molecule has 0 saturated carbocycles. The predicted molar refractivity (Wildman–Crippen MR) is 70.4 cm³/mol. The van der Waals surface area contributed by atoms with Gasteiger partial charge >= 0.3 is 5.97 Å². The minimum atomic E-state index is -0.218. The smallest absolute Gasteiger partial charge is 0.302 e. The molecule has 0 N–H and O–H groups in total. The van der Waals surface area contributed by atoms with Crippen LogP contribution in [0.4, 0.5) is 0 Å². The van der Waals surface area contributed by atoms with Gasteiger partial charge in [0.05, 0.1) is 0 Å². The van der Waals surface area contributed by atoms with Gasteiger partial charge < -0.3 is 4.74 Å². The first-order valence-electron chi connectivity index (χ1n) is 6.19. The monoisotopic (exact) mass is 226 g/mol. The Bertz CT molecular complexity index is 215. The molecule has 0 aliphatic heterocycles. The highest BCUT2D eigenvalue weighted by atomic mass is 16.5. The van der Waals surface area contributed by atoms with Crippen molar-refractivity contribution in [1.82, 2.24) is 0 Å². The van der Waals surface area contributed by atoms with Gasteiger partial charge in [-0.2, -0.15) is 0 Å². The third-order valence-corrected chi connectivity index (χ3v) is 1.51. The molecular formula is C14H26O2. The molecule has 0 unspecified atom stereocenters. The predicted octanol–water partition coefficient (Wildman–Crippen LogP) is 4.27. The highest BCUT2D eigenvalue weighted by molar-refractivity contribution is 5.66. The number of hydrogen-bond acceptors (Lipinski definition) is 2. The second kappa shape index (κ2) is 13.9. The first-order chi connectivity index (χ1) is 7.70. The normalized spacial score (nSPS) is 12.4. The number of esters is 1. The van der Waals surface area contributed by atoms with Crippen LogP contribution in [0.5, 0.6) is 0 Å². The zero-order valence-electron chi connectivity index (χ0n) is 11.4. The maximum absolute atomic E-state index is 10.4. The van der Waals surface area contributed by atoms with Gasteiger partial charge in [0.15, 0.2) is 0 Å². The van der Waals surface area contributed by atoms with Crippen LogP contribution in [0, 0.1) is 0 Å². The maximum atomic E-state index is 10.4. The van der Waals surface area contributed by atoms with Crippen LogP contribution in [0.15, 0.2) is 23.8 Å². The molecule has 0 heterocycles. The third-order valence-electron chi connectivity index (χ3n) is 1.51. The number of carbonyl (C=O) groups is 1. The highest BCUT2D eigenvalue weighted by Gasteiger charge is 1.98. The van der Waals surface area contributed by atoms with Gasteiger partial charge in [-0.15, -0.1) is 0 Å². The first kappa shape index (κ1) is 17.3. The summed E-state index contributed by atoms with van der Waals surface area (Å²) in [4.78, 5) is 10.4. The minimum absolute atomic E-state index is 0.218. The molecule has 2 nitrogen and oxygen atoms in total. The molecule has 16 heavy (non-hydrogen) atoms. The van der Waals surface area contributed by atoms with Gasteiger partial charge in [-0.3, -0.25) is 4.79 Å². The summed E-state index contributed by atoms with van der Waals surface area (Å²) in [6.45, 7) is 10.1. The second-order valence-corrected chi connectivity index (χ2v) is 3.25. The number of ether oxygens (including phenoxy) is 1. The van der Waals surface area contributed by atoms with Crippen molar-refractivity contribution in [2.45, 2.75) is 53.9 Å². The van der Waals surface area contributed by atoms with Gasteiger partial charge in [-0.1, -0.05) is 52.3 Å². The summed E-state index contributed by atoms with van der Waals surface area (Å²) in [6.07, 6.45) is 9.62. The molecular weight excluding hydrogens is 200 g/mol. The van der Waals surface area contributed by atoms with Crippen LogP contribution in [0.25, 0.3) is 0 Å². The molecule has 1 rings (SSSR count). The van der Waals surface area contributed by atoms with Gasteiger partial charge in [0.2, 0.25) is 0 Å². The molecule has 1 aliphatic carbocycles. The molecule has 1 aliphatic rings. The van der Waals surface area contributed by atoms with E-state index in [1.54, 1.807) is 0 Å². The van der Waals surface area contributed by atoms with Crippen molar-refractivity contribution in [2.75, 3.05) is 6.61 Å². The zero-order valence-corrected chi connectivity index (χ0v) is 11.4. The molecule has 0 aromatic rings. The van der Waals surface area contributed by atoms with E-state index in [2.05, 4.69) is 26.0 Å². The fourth-order valence-electron chi connectivity index (χ4n) is 0.960. The van der Waals surface area contributed by atoms with E-state index in [-0.39, 0.29) is 5.97 Å². The Hall–Kier alpha value is -1.05. The van der Waals surface area contributed by atoms with Crippen LogP contribution in [-0.4, -0.2) is 12.6 Å². The number of hydrogen-bond donors (Lipinski definition) is 0. The van der Waals surface area contributed by atoms with Crippen molar-refractivity contribution >= 4 is 5.97 Å². The summed E-state index contributed by atoms with van der Waals surface area (Å²) < 4.78 is 4.82. The van der Waals surface area contributed by atoms with E-state index in [0.717, 1.165) is 18.4 Å². The molecule has 0 aromatic carbocycles. The average Bonchev–Trinajstić information content (AvgIpc) is 2.31. The summed E-state index contributed by atoms with van der Waals surface area (Å²) in [7, 11) is 0. The molecule has 0 radical (unpaired) electrons. The molecule has 0 spiro atoms. The Morgan fingerprint density at radius 2 is 1.88 bits per heavy atom. The standard InChI is InChI=1S/C9H12O2.C3H8.C2H6/c1-8(10)11-7-9-5-3-2-4-6-9;1-3-2;1-2/h3,5-6H,2,4,7H2,1H3;3H2,1-2H3;1-2H3. The van der Waals surface area contributed by atoms with Crippen LogP contribution in [0.1, 0.15) is 53.9 Å². The molecule has 2 heteroatoms. The molecule has 0 atom stereocenters. The van der Waals surface area contributed by atoms with Crippen molar-refractivity contribution in [3.05, 3.63) is 23.8 Å². The van der Waals surface area contributed by atoms with Crippen molar-refractivity contribution in [2.24, 2.45) is 0 Å². The summed E-state index contributed by atoms with van der Waals surface area (Å²) >= 11 is 0. The Morgan fingerprint density at radius 3 is 2.25 bits per heavy atom. The second-order valence-electron chi connectivity index (χ2n) is 3.25. The minimum Gasteiger partial charge on any atom is -0.461 e. The van der Waals surface area contributed by atoms with E-state index >= 15 is 0 Å². The molecule has 0 bridgehead atoms. The summed E-state index contributed by atoms with van der Waals surface area (Å²) in [5, 5.41) is 0. The average molecular weight is 226 g/mol. The van der Waals surface area contributed by atoms with E-state index < -0.39 is 0 Å². The van der Waals surface area contributed by atoms with Crippen molar-refractivity contribution in [3.8, 4) is 0 Å². The van der Waals surface area contributed by atoms with Gasteiger partial charge in [0.1, 0.15) is 6.61 Å². The Kier molecular flexibility index (Phi) is 15.1. The summed E-state index contributed by atoms with van der Waals surface area (Å²) in [5.41, 5.74) is 1.10. The number of carbonyl (C=O) groups excluding carboxylic acids is 1. The van der Waals surface area contributed by atoms with Crippen molar-refractivity contribution in [3.63, 3.8) is 0 Å². The van der Waals surface area contributed by atoms with Crippen LogP contribution >= 0.6 is 0 Å². The van der Waals surface area contributed by atoms with E-state index in [1.807, 2.05) is 19.9 Å². The summed E-state index contributed by atoms with van der Waals surface area (Å²) in [5.74, 6) is -0.218. The van der Waals surface area contributed by atoms with Gasteiger partial charge in [-0.25, -0.2) is 0 Å². The lowest BCUT2D eigenvalue weighted by atomic mass is 10.1. The molecule has 0 aromatic heterocycles. The summed E-state index contributed by atoms with van der Waals surface area (Å²) in [6, 6.07) is 0. The van der Waals surface area contributed by atoms with Gasteiger partial charge in [-0.05, 0) is 18.4 Å². The Morgan fingerprint density at radius 1 is 1.31 bits per heavy atom. The highest BCUT2D eigenvalue weighted by Crippen LogP contribution is 2.09. The van der Waals surface area contributed by atoms with E-state index in [0.29, 0.717) is 6.61 Å². The molecule has 94 valence electrons. The van der Waals surface area contributed by atoms with Gasteiger partial charge in [0, 0.05) is 6.92 Å². The van der Waals surface area contributed by atoms with E-state index in [4.69, 9.17) is 4.74 Å². The van der Waals surface area contributed by atoms with Crippen LogP contribution in [0.3, 0.4) is 0 Å².